The topological polar surface area (TPSA) is 63.4 Å². The van der Waals surface area contributed by atoms with E-state index in [4.69, 9.17) is 17.3 Å². The first-order valence-corrected chi connectivity index (χ1v) is 9.07. The van der Waals surface area contributed by atoms with Gasteiger partial charge in [-0.25, -0.2) is 12.8 Å². The lowest BCUT2D eigenvalue weighted by molar-refractivity contribution is 0.583. The Balaban J connectivity index is 2.46. The molecule has 2 N–H and O–H groups in total. The van der Waals surface area contributed by atoms with E-state index in [9.17, 15) is 12.8 Å². The van der Waals surface area contributed by atoms with Crippen LogP contribution in [0.1, 0.15) is 0 Å². The van der Waals surface area contributed by atoms with Crippen LogP contribution in [0.2, 0.25) is 5.02 Å². The highest BCUT2D eigenvalue weighted by Crippen LogP contribution is 2.34. The van der Waals surface area contributed by atoms with Crippen molar-refractivity contribution in [2.45, 2.75) is 5.37 Å². The van der Waals surface area contributed by atoms with Crippen molar-refractivity contribution in [1.82, 2.24) is 0 Å². The Hall–Kier alpha value is -0.660. The molecule has 1 fully saturated rings. The number of thioether (sulfide) groups is 1. The van der Waals surface area contributed by atoms with Gasteiger partial charge >= 0.3 is 0 Å². The zero-order valence-electron chi connectivity index (χ0n) is 10.3. The van der Waals surface area contributed by atoms with Crippen LogP contribution in [0.5, 0.6) is 0 Å². The Bertz CT molecular complexity index is 595. The minimum absolute atomic E-state index is 0.0662. The number of rotatable bonds is 2. The number of hydrogen-bond donors (Lipinski definition) is 1. The van der Waals surface area contributed by atoms with Crippen LogP contribution in [0.4, 0.5) is 15.8 Å². The molecule has 106 valence electrons. The first-order chi connectivity index (χ1) is 8.80. The van der Waals surface area contributed by atoms with Gasteiger partial charge in [-0.1, -0.05) is 11.6 Å². The Morgan fingerprint density at radius 2 is 2.21 bits per heavy atom. The molecule has 0 saturated carbocycles. The zero-order chi connectivity index (χ0) is 14.2. The maximum atomic E-state index is 13.6. The van der Waals surface area contributed by atoms with Gasteiger partial charge in [-0.05, 0) is 6.07 Å². The van der Waals surface area contributed by atoms with Gasteiger partial charge in [0.1, 0.15) is 11.2 Å². The summed E-state index contributed by atoms with van der Waals surface area (Å²) >= 11 is 7.22. The summed E-state index contributed by atoms with van der Waals surface area (Å²) in [4.78, 5) is 1.64. The third-order valence-electron chi connectivity index (χ3n) is 2.96. The van der Waals surface area contributed by atoms with Crippen LogP contribution in [-0.2, 0) is 9.84 Å². The molecule has 19 heavy (non-hydrogen) atoms. The molecule has 1 aliphatic rings. The highest BCUT2D eigenvalue weighted by atomic mass is 35.5. The van der Waals surface area contributed by atoms with Crippen LogP contribution < -0.4 is 10.6 Å². The van der Waals surface area contributed by atoms with Crippen LogP contribution >= 0.6 is 23.4 Å². The summed E-state index contributed by atoms with van der Waals surface area (Å²) in [6.45, 7) is 0.508. The molecule has 0 aliphatic carbocycles. The fourth-order valence-corrected chi connectivity index (χ4v) is 5.02. The number of halogens is 2. The van der Waals surface area contributed by atoms with Gasteiger partial charge in [0.2, 0.25) is 0 Å². The van der Waals surface area contributed by atoms with Crippen molar-refractivity contribution in [3.63, 3.8) is 0 Å². The zero-order valence-corrected chi connectivity index (χ0v) is 12.7. The smallest absolute Gasteiger partial charge is 0.169 e. The lowest BCUT2D eigenvalue weighted by Gasteiger charge is -2.36. The molecule has 1 unspecified atom stereocenters. The standard InChI is InChI=1S/C11H14ClFN2O2S2/c1-19(16,17)11-6-18-3-2-15(11)10-5-8(13)7(12)4-9(10)14/h4-5,11H,2-3,6,14H2,1H3. The minimum atomic E-state index is -3.27. The molecule has 1 aromatic rings. The maximum absolute atomic E-state index is 13.6. The predicted octanol–water partition coefficient (Wildman–Crippen LogP) is 1.99. The molecule has 0 amide bonds. The van der Waals surface area contributed by atoms with E-state index >= 15 is 0 Å². The molecule has 0 bridgehead atoms. The third-order valence-corrected chi connectivity index (χ3v) is 5.89. The average Bonchev–Trinajstić information content (AvgIpc) is 2.33. The van der Waals surface area contributed by atoms with Crippen LogP contribution in [0, 0.1) is 5.82 Å². The molecule has 4 nitrogen and oxygen atoms in total. The van der Waals surface area contributed by atoms with E-state index in [1.807, 2.05) is 0 Å². The second-order valence-corrected chi connectivity index (χ2v) is 8.14. The SMILES string of the molecule is CS(=O)(=O)C1CSCCN1c1cc(F)c(Cl)cc1N. The van der Waals surface area contributed by atoms with Crippen LogP contribution in [0.3, 0.4) is 0 Å². The van der Waals surface area contributed by atoms with E-state index in [0.29, 0.717) is 18.0 Å². The van der Waals surface area contributed by atoms with E-state index < -0.39 is 21.0 Å². The lowest BCUT2D eigenvalue weighted by Crippen LogP contribution is -2.47. The summed E-state index contributed by atoms with van der Waals surface area (Å²) in [7, 11) is -3.27. The Morgan fingerprint density at radius 1 is 1.53 bits per heavy atom. The summed E-state index contributed by atoms with van der Waals surface area (Å²) in [5.41, 5.74) is 6.50. The van der Waals surface area contributed by atoms with Crippen molar-refractivity contribution in [3.05, 3.63) is 23.0 Å². The first kappa shape index (κ1) is 14.7. The van der Waals surface area contributed by atoms with E-state index in [1.54, 1.807) is 16.7 Å². The maximum Gasteiger partial charge on any atom is 0.169 e. The molecule has 1 atom stereocenters. The highest BCUT2D eigenvalue weighted by molar-refractivity contribution is 8.01. The van der Waals surface area contributed by atoms with E-state index in [2.05, 4.69) is 0 Å². The molecule has 1 heterocycles. The number of nitrogens with two attached hydrogens (primary N) is 1. The second-order valence-electron chi connectivity index (χ2n) is 4.38. The van der Waals surface area contributed by atoms with Crippen molar-refractivity contribution in [3.8, 4) is 0 Å². The second kappa shape index (κ2) is 5.38. The van der Waals surface area contributed by atoms with E-state index in [1.165, 1.54) is 18.4 Å². The normalized spacial score (nSPS) is 20.6. The van der Waals surface area contributed by atoms with E-state index in [-0.39, 0.29) is 10.7 Å². The number of nitrogens with zero attached hydrogens (tertiary/aromatic N) is 1. The van der Waals surface area contributed by atoms with Gasteiger partial charge in [0, 0.05) is 30.4 Å². The van der Waals surface area contributed by atoms with Crippen LogP contribution in [-0.4, -0.2) is 38.1 Å². The number of benzene rings is 1. The summed E-state index contributed by atoms with van der Waals surface area (Å²) in [6, 6.07) is 2.51. The van der Waals surface area contributed by atoms with Gasteiger partial charge in [-0.3, -0.25) is 0 Å². The van der Waals surface area contributed by atoms with Crippen molar-refractivity contribution in [1.29, 1.82) is 0 Å². The molecule has 1 aliphatic heterocycles. The van der Waals surface area contributed by atoms with Gasteiger partial charge in [0.05, 0.1) is 16.4 Å². The number of nitrogen functional groups attached to an aromatic ring is 1. The first-order valence-electron chi connectivity index (χ1n) is 5.58. The van der Waals surface area contributed by atoms with Crippen molar-refractivity contribution >= 4 is 44.6 Å². The molecule has 0 radical (unpaired) electrons. The van der Waals surface area contributed by atoms with Gasteiger partial charge in [0.25, 0.3) is 0 Å². The number of anilines is 2. The minimum Gasteiger partial charge on any atom is -0.397 e. The van der Waals surface area contributed by atoms with Crippen LogP contribution in [0.25, 0.3) is 0 Å². The van der Waals surface area contributed by atoms with Gasteiger partial charge in [-0.2, -0.15) is 11.8 Å². The van der Waals surface area contributed by atoms with Crippen molar-refractivity contribution < 1.29 is 12.8 Å². The third kappa shape index (κ3) is 3.09. The fraction of sp³-hybridized carbons (Fsp3) is 0.455. The van der Waals surface area contributed by atoms with Crippen molar-refractivity contribution in [2.75, 3.05) is 34.9 Å². The molecule has 1 saturated heterocycles. The van der Waals surface area contributed by atoms with Crippen molar-refractivity contribution in [2.24, 2.45) is 0 Å². The molecule has 2 rings (SSSR count). The molecule has 0 spiro atoms. The summed E-state index contributed by atoms with van der Waals surface area (Å²) in [5.74, 6) is 0.620. The largest absolute Gasteiger partial charge is 0.397 e. The Kier molecular flexibility index (Phi) is 4.17. The molecular weight excluding hydrogens is 311 g/mol. The van der Waals surface area contributed by atoms with Gasteiger partial charge in [-0.15, -0.1) is 0 Å². The summed E-state index contributed by atoms with van der Waals surface area (Å²) in [6.07, 6.45) is 1.18. The summed E-state index contributed by atoms with van der Waals surface area (Å²) < 4.78 is 37.2. The van der Waals surface area contributed by atoms with Gasteiger partial charge in [0.15, 0.2) is 9.84 Å². The predicted molar refractivity (Wildman–Crippen MR) is 79.1 cm³/mol. The molecule has 8 heteroatoms. The number of sulfone groups is 1. The highest BCUT2D eigenvalue weighted by Gasteiger charge is 2.32. The van der Waals surface area contributed by atoms with Crippen LogP contribution in [0.15, 0.2) is 12.1 Å². The molecule has 0 aromatic heterocycles. The van der Waals surface area contributed by atoms with E-state index in [0.717, 1.165) is 5.75 Å². The monoisotopic (exact) mass is 324 g/mol. The lowest BCUT2D eigenvalue weighted by atomic mass is 10.2. The average molecular weight is 325 g/mol. The fourth-order valence-electron chi connectivity index (χ4n) is 2.01. The quantitative estimate of drug-likeness (QED) is 0.843. The Morgan fingerprint density at radius 3 is 2.84 bits per heavy atom. The summed E-state index contributed by atoms with van der Waals surface area (Å²) in [5, 5.41) is -0.752. The molecule has 1 aromatic carbocycles. The number of hydrogen-bond acceptors (Lipinski definition) is 5. The molecular formula is C11H14ClFN2O2S2. The Labute approximate surface area is 121 Å². The van der Waals surface area contributed by atoms with Gasteiger partial charge < -0.3 is 10.6 Å².